The maximum atomic E-state index is 13.3. The van der Waals surface area contributed by atoms with Gasteiger partial charge in [0.05, 0.1) is 4.92 Å². The van der Waals surface area contributed by atoms with Crippen LogP contribution in [0.15, 0.2) is 71.6 Å². The van der Waals surface area contributed by atoms with Crippen LogP contribution in [0.5, 0.6) is 0 Å². The van der Waals surface area contributed by atoms with Crippen molar-refractivity contribution < 1.29 is 22.0 Å². The third-order valence-corrected chi connectivity index (χ3v) is 5.67. The van der Waals surface area contributed by atoms with Crippen LogP contribution in [-0.2, 0) is 15.0 Å². The number of aryl methyl sites for hydroxylation is 2. The van der Waals surface area contributed by atoms with Gasteiger partial charge < -0.3 is 5.32 Å². The van der Waals surface area contributed by atoms with Crippen LogP contribution in [0.1, 0.15) is 22.3 Å². The molecule has 0 spiro atoms. The molecule has 0 fully saturated rings. The molecule has 0 unspecified atom stereocenters. The van der Waals surface area contributed by atoms with Gasteiger partial charge in [-0.15, -0.1) is 3.89 Å². The van der Waals surface area contributed by atoms with Gasteiger partial charge in [0.15, 0.2) is 0 Å². The van der Waals surface area contributed by atoms with Crippen LogP contribution in [0, 0.1) is 24.0 Å². The normalized spacial score (nSPS) is 11.8. The molecule has 1 N–H and O–H groups in total. The van der Waals surface area contributed by atoms with Crippen molar-refractivity contribution >= 4 is 39.2 Å². The lowest BCUT2D eigenvalue weighted by atomic mass is 10.00. The summed E-state index contributed by atoms with van der Waals surface area (Å²) in [5.41, 5.74) is 2.81. The Hall–Kier alpha value is -3.85. The van der Waals surface area contributed by atoms with Crippen LogP contribution in [-0.4, -0.2) is 19.2 Å². The van der Waals surface area contributed by atoms with Crippen molar-refractivity contribution in [2.45, 2.75) is 18.7 Å². The Labute approximate surface area is 184 Å². The van der Waals surface area contributed by atoms with E-state index in [1.807, 2.05) is 19.1 Å². The molecule has 7 nitrogen and oxygen atoms in total. The lowest BCUT2D eigenvalue weighted by Crippen LogP contribution is -2.14. The van der Waals surface area contributed by atoms with Gasteiger partial charge in [0.2, 0.25) is 0 Å². The van der Waals surface area contributed by atoms with Crippen LogP contribution >= 0.6 is 0 Å². The summed E-state index contributed by atoms with van der Waals surface area (Å²) in [4.78, 5) is 23.0. The van der Waals surface area contributed by atoms with Crippen LogP contribution in [0.4, 0.5) is 15.3 Å². The van der Waals surface area contributed by atoms with Crippen molar-refractivity contribution in [2.24, 2.45) is 0 Å². The van der Waals surface area contributed by atoms with E-state index in [-0.39, 0.29) is 11.3 Å². The van der Waals surface area contributed by atoms with Crippen molar-refractivity contribution in [1.29, 1.82) is 0 Å². The summed E-state index contributed by atoms with van der Waals surface area (Å²) in [7, 11) is -4.87. The minimum atomic E-state index is -4.87. The quantitative estimate of drug-likeness (QED) is 0.184. The molecule has 32 heavy (non-hydrogen) atoms. The number of nitrogens with zero attached hydrogens (tertiary/aromatic N) is 1. The first kappa shape index (κ1) is 22.8. The number of carbonyl (C=O) groups excluding carboxylic acids is 1. The zero-order valence-electron chi connectivity index (χ0n) is 17.2. The Bertz CT molecular complexity index is 1330. The topological polar surface area (TPSA) is 106 Å². The van der Waals surface area contributed by atoms with Crippen LogP contribution in [0.25, 0.3) is 11.6 Å². The third-order valence-electron chi connectivity index (χ3n) is 4.68. The number of halogens is 1. The standard InChI is InChI=1S/C23H19FN2O5S/c1-15-4-3-5-18(12-15)21(14-17-6-9-20(10-7-17)26(28)29)23(27)25-19-8-11-22(16(2)13-19)32(24,30)31/h3-14H,1-2H3,(H,25,27). The number of amides is 1. The average Bonchev–Trinajstić information content (AvgIpc) is 2.71. The molecular formula is C23H19FN2O5S. The van der Waals surface area contributed by atoms with E-state index in [0.717, 1.165) is 11.6 Å². The summed E-state index contributed by atoms with van der Waals surface area (Å²) < 4.78 is 35.7. The highest BCUT2D eigenvalue weighted by atomic mass is 32.3. The molecule has 0 aliphatic heterocycles. The van der Waals surface area contributed by atoms with E-state index in [1.54, 1.807) is 18.2 Å². The van der Waals surface area contributed by atoms with Crippen molar-refractivity contribution in [2.75, 3.05) is 5.32 Å². The zero-order chi connectivity index (χ0) is 23.5. The first-order valence-electron chi connectivity index (χ1n) is 9.44. The summed E-state index contributed by atoms with van der Waals surface area (Å²) in [6.45, 7) is 3.31. The number of rotatable bonds is 6. The highest BCUT2D eigenvalue weighted by Gasteiger charge is 2.17. The predicted octanol–water partition coefficient (Wildman–Crippen LogP) is 5.05. The molecule has 164 valence electrons. The summed E-state index contributed by atoms with van der Waals surface area (Å²) in [5.74, 6) is -0.482. The van der Waals surface area contributed by atoms with Gasteiger partial charge in [0.1, 0.15) is 4.90 Å². The van der Waals surface area contributed by atoms with E-state index in [9.17, 15) is 27.2 Å². The molecule has 3 rings (SSSR count). The molecule has 9 heteroatoms. The third kappa shape index (κ3) is 5.44. The van der Waals surface area contributed by atoms with Gasteiger partial charge in [-0.3, -0.25) is 14.9 Å². The van der Waals surface area contributed by atoms with E-state index >= 15 is 0 Å². The van der Waals surface area contributed by atoms with Gasteiger partial charge in [-0.25, -0.2) is 0 Å². The van der Waals surface area contributed by atoms with Gasteiger partial charge in [0, 0.05) is 23.4 Å². The van der Waals surface area contributed by atoms with E-state index in [0.29, 0.717) is 22.4 Å². The maximum Gasteiger partial charge on any atom is 0.332 e. The molecule has 3 aromatic carbocycles. The minimum Gasteiger partial charge on any atom is -0.322 e. The van der Waals surface area contributed by atoms with E-state index in [4.69, 9.17) is 0 Å². The molecule has 0 heterocycles. The van der Waals surface area contributed by atoms with Gasteiger partial charge in [-0.1, -0.05) is 29.8 Å². The number of carbonyl (C=O) groups is 1. The van der Waals surface area contributed by atoms with Crippen LogP contribution in [0.2, 0.25) is 0 Å². The number of benzene rings is 3. The molecule has 0 aromatic heterocycles. The lowest BCUT2D eigenvalue weighted by molar-refractivity contribution is -0.384. The van der Waals surface area contributed by atoms with Gasteiger partial charge in [-0.05, 0) is 66.9 Å². The number of hydrogen-bond donors (Lipinski definition) is 1. The van der Waals surface area contributed by atoms with Crippen LogP contribution < -0.4 is 5.32 Å². The zero-order valence-corrected chi connectivity index (χ0v) is 18.0. The molecule has 1 amide bonds. The predicted molar refractivity (Wildman–Crippen MR) is 120 cm³/mol. The maximum absolute atomic E-state index is 13.3. The van der Waals surface area contributed by atoms with E-state index < -0.39 is 25.9 Å². The smallest absolute Gasteiger partial charge is 0.322 e. The molecule has 0 radical (unpaired) electrons. The van der Waals surface area contributed by atoms with Gasteiger partial charge in [-0.2, -0.15) is 8.42 Å². The summed E-state index contributed by atoms with van der Waals surface area (Å²) in [6, 6.07) is 16.8. The van der Waals surface area contributed by atoms with Gasteiger partial charge in [0.25, 0.3) is 11.6 Å². The minimum absolute atomic E-state index is 0.0675. The molecule has 0 atom stereocenters. The number of anilines is 1. The molecule has 0 saturated heterocycles. The second-order valence-electron chi connectivity index (χ2n) is 7.15. The number of hydrogen-bond acceptors (Lipinski definition) is 5. The number of nitro benzene ring substituents is 1. The van der Waals surface area contributed by atoms with Crippen molar-refractivity contribution in [3.8, 4) is 0 Å². The Morgan fingerprint density at radius 3 is 2.28 bits per heavy atom. The second-order valence-corrected chi connectivity index (χ2v) is 8.46. The van der Waals surface area contributed by atoms with Crippen molar-refractivity contribution in [3.63, 3.8) is 0 Å². The molecule has 0 bridgehead atoms. The molecule has 0 saturated carbocycles. The lowest BCUT2D eigenvalue weighted by Gasteiger charge is -2.12. The fourth-order valence-corrected chi connectivity index (χ4v) is 3.82. The summed E-state index contributed by atoms with van der Waals surface area (Å²) in [6.07, 6.45) is 1.60. The molecular weight excluding hydrogens is 435 g/mol. The van der Waals surface area contributed by atoms with Crippen LogP contribution in [0.3, 0.4) is 0 Å². The average molecular weight is 454 g/mol. The SMILES string of the molecule is Cc1cccc(C(=Cc2ccc([N+](=O)[O-])cc2)C(=O)Nc2ccc(S(=O)(=O)F)c(C)c2)c1. The molecule has 0 aliphatic rings. The Kier molecular flexibility index (Phi) is 6.50. The first-order chi connectivity index (χ1) is 15.0. The Morgan fingerprint density at radius 2 is 1.72 bits per heavy atom. The summed E-state index contributed by atoms with van der Waals surface area (Å²) in [5, 5.41) is 13.6. The molecule has 0 aliphatic carbocycles. The van der Waals surface area contributed by atoms with Crippen molar-refractivity contribution in [3.05, 3.63) is 99.1 Å². The largest absolute Gasteiger partial charge is 0.332 e. The highest BCUT2D eigenvalue weighted by Crippen LogP contribution is 2.25. The highest BCUT2D eigenvalue weighted by molar-refractivity contribution is 7.86. The Morgan fingerprint density at radius 1 is 1.03 bits per heavy atom. The fourth-order valence-electron chi connectivity index (χ4n) is 3.15. The molecule has 3 aromatic rings. The second kappa shape index (κ2) is 9.11. The van der Waals surface area contributed by atoms with Crippen molar-refractivity contribution in [1.82, 2.24) is 0 Å². The Balaban J connectivity index is 1.99. The van der Waals surface area contributed by atoms with E-state index in [1.165, 1.54) is 43.3 Å². The summed E-state index contributed by atoms with van der Waals surface area (Å²) >= 11 is 0. The van der Waals surface area contributed by atoms with E-state index in [2.05, 4.69) is 5.32 Å². The number of nitrogens with one attached hydrogen (secondary N) is 1. The van der Waals surface area contributed by atoms with Gasteiger partial charge >= 0.3 is 10.2 Å². The monoisotopic (exact) mass is 454 g/mol. The number of non-ortho nitro benzene ring substituents is 1. The number of nitro groups is 1. The fraction of sp³-hybridized carbons (Fsp3) is 0.0870. The first-order valence-corrected chi connectivity index (χ1v) is 10.8.